The maximum Gasteiger partial charge on any atom is 0.245 e. The van der Waals surface area contributed by atoms with Crippen molar-refractivity contribution in [2.75, 3.05) is 5.32 Å². The fraction of sp³-hybridized carbons (Fsp3) is 0.0833. The van der Waals surface area contributed by atoms with E-state index < -0.39 is 6.04 Å². The Morgan fingerprint density at radius 2 is 2.22 bits per heavy atom. The van der Waals surface area contributed by atoms with Crippen LogP contribution in [-0.4, -0.2) is 15.9 Å². The van der Waals surface area contributed by atoms with Crippen molar-refractivity contribution in [3.05, 3.63) is 42.4 Å². The lowest BCUT2D eigenvalue weighted by atomic mass is 10.1. The normalized spacial score (nSPS) is 17.4. The number of rotatable bonds is 2. The summed E-state index contributed by atoms with van der Waals surface area (Å²) in [5.41, 5.74) is 7.37. The first kappa shape index (κ1) is 11.2. The van der Waals surface area contributed by atoms with Gasteiger partial charge in [0.05, 0.1) is 6.20 Å². The minimum atomic E-state index is -0.560. The van der Waals surface area contributed by atoms with Crippen LogP contribution in [0.2, 0.25) is 0 Å². The average Bonchev–Trinajstić information content (AvgIpc) is 2.66. The summed E-state index contributed by atoms with van der Waals surface area (Å²) in [5.74, 6) is -0.161. The molecule has 0 spiro atoms. The van der Waals surface area contributed by atoms with Crippen molar-refractivity contribution in [1.29, 1.82) is 0 Å². The Hall–Kier alpha value is -1.92. The summed E-state index contributed by atoms with van der Waals surface area (Å²) in [6.07, 6.45) is 4.97. The first-order valence-electron chi connectivity index (χ1n) is 5.38. The molecule has 1 aromatic heterocycles. The number of benzene rings is 1. The lowest BCUT2D eigenvalue weighted by molar-refractivity contribution is -0.116. The van der Waals surface area contributed by atoms with Crippen LogP contribution < -0.4 is 11.1 Å². The molecule has 0 saturated carbocycles. The van der Waals surface area contributed by atoms with Crippen LogP contribution in [0, 0.1) is 0 Å². The van der Waals surface area contributed by atoms with Crippen LogP contribution in [0.3, 0.4) is 0 Å². The van der Waals surface area contributed by atoms with Gasteiger partial charge < -0.3 is 11.1 Å². The van der Waals surface area contributed by atoms with Crippen LogP contribution >= 0.6 is 11.8 Å². The molecule has 0 saturated heterocycles. The summed E-state index contributed by atoms with van der Waals surface area (Å²) in [7, 11) is 0. The van der Waals surface area contributed by atoms with E-state index in [0.29, 0.717) is 0 Å². The third-order valence-electron chi connectivity index (χ3n) is 2.66. The highest BCUT2D eigenvalue weighted by Crippen LogP contribution is 2.34. The number of hydrogen-bond donors (Lipinski definition) is 2. The van der Waals surface area contributed by atoms with E-state index in [1.54, 1.807) is 18.6 Å². The molecule has 1 atom stereocenters. The molecule has 1 aromatic carbocycles. The molecule has 90 valence electrons. The van der Waals surface area contributed by atoms with Gasteiger partial charge in [0.2, 0.25) is 5.91 Å². The van der Waals surface area contributed by atoms with Crippen LogP contribution in [0.25, 0.3) is 0 Å². The van der Waals surface area contributed by atoms with Gasteiger partial charge in [-0.25, -0.2) is 4.98 Å². The summed E-state index contributed by atoms with van der Waals surface area (Å²) in [6.45, 7) is 0. The van der Waals surface area contributed by atoms with E-state index in [4.69, 9.17) is 5.73 Å². The van der Waals surface area contributed by atoms with Gasteiger partial charge in [-0.2, -0.15) is 0 Å². The second kappa shape index (κ2) is 4.40. The number of nitrogens with zero attached hydrogens (tertiary/aromatic N) is 2. The molecule has 3 N–H and O–H groups in total. The maximum atomic E-state index is 11.4. The van der Waals surface area contributed by atoms with Crippen LogP contribution in [0.4, 0.5) is 5.69 Å². The van der Waals surface area contributed by atoms with E-state index in [-0.39, 0.29) is 5.91 Å². The van der Waals surface area contributed by atoms with Crippen molar-refractivity contribution in [2.24, 2.45) is 5.73 Å². The number of carbonyl (C=O) groups excluding carboxylic acids is 1. The Bertz CT molecular complexity index is 602. The third-order valence-corrected chi connectivity index (χ3v) is 3.57. The maximum absolute atomic E-state index is 11.4. The molecule has 1 unspecified atom stereocenters. The number of aromatic nitrogens is 2. The van der Waals surface area contributed by atoms with Gasteiger partial charge in [-0.1, -0.05) is 17.8 Å². The molecule has 1 amide bonds. The molecule has 1 aliphatic rings. The first-order valence-corrected chi connectivity index (χ1v) is 6.20. The predicted molar refractivity (Wildman–Crippen MR) is 68.2 cm³/mol. The number of anilines is 1. The summed E-state index contributed by atoms with van der Waals surface area (Å²) in [4.78, 5) is 20.6. The van der Waals surface area contributed by atoms with Crippen molar-refractivity contribution in [2.45, 2.75) is 16.0 Å². The molecule has 0 aliphatic carbocycles. The Kier molecular flexibility index (Phi) is 2.73. The Balaban J connectivity index is 1.88. The van der Waals surface area contributed by atoms with Crippen LogP contribution in [0.5, 0.6) is 0 Å². The number of hydrogen-bond acceptors (Lipinski definition) is 5. The molecule has 3 rings (SSSR count). The molecule has 2 heterocycles. The van der Waals surface area contributed by atoms with Gasteiger partial charge >= 0.3 is 0 Å². The summed E-state index contributed by atoms with van der Waals surface area (Å²) in [6, 6.07) is 5.14. The lowest BCUT2D eigenvalue weighted by Gasteiger charge is -2.04. The predicted octanol–water partition coefficient (Wildman–Crippen LogP) is 1.58. The van der Waals surface area contributed by atoms with Gasteiger partial charge in [-0.15, -0.1) is 0 Å². The van der Waals surface area contributed by atoms with E-state index in [9.17, 15) is 4.79 Å². The number of fused-ring (bicyclic) bond motifs is 1. The standard InChI is InChI=1S/C12H10N4OS/c13-11-8-2-1-7(5-9(8)16-12(11)17)18-10-6-14-3-4-15-10/h1-6,11H,13H2,(H,16,17). The van der Waals surface area contributed by atoms with Gasteiger partial charge in [-0.05, 0) is 12.1 Å². The van der Waals surface area contributed by atoms with Crippen LogP contribution in [0.15, 0.2) is 46.7 Å². The first-order chi connectivity index (χ1) is 8.74. The zero-order valence-electron chi connectivity index (χ0n) is 9.33. The fourth-order valence-corrected chi connectivity index (χ4v) is 2.57. The van der Waals surface area contributed by atoms with Gasteiger partial charge in [0.25, 0.3) is 0 Å². The molecule has 2 aromatic rings. The molecule has 6 heteroatoms. The van der Waals surface area contributed by atoms with Crippen LogP contribution in [0.1, 0.15) is 11.6 Å². The quantitative estimate of drug-likeness (QED) is 0.854. The highest BCUT2D eigenvalue weighted by Gasteiger charge is 2.26. The van der Waals surface area contributed by atoms with Crippen molar-refractivity contribution < 1.29 is 4.79 Å². The highest BCUT2D eigenvalue weighted by molar-refractivity contribution is 7.99. The van der Waals surface area contributed by atoms with Crippen molar-refractivity contribution in [3.8, 4) is 0 Å². The third kappa shape index (κ3) is 1.96. The zero-order valence-corrected chi connectivity index (χ0v) is 10.1. The summed E-state index contributed by atoms with van der Waals surface area (Å²) < 4.78 is 0. The SMILES string of the molecule is NC1C(=O)Nc2cc(Sc3cnccn3)ccc21. The average molecular weight is 258 g/mol. The number of carbonyl (C=O) groups is 1. The largest absolute Gasteiger partial charge is 0.324 e. The number of nitrogens with two attached hydrogens (primary N) is 1. The van der Waals surface area contributed by atoms with Crippen LogP contribution in [-0.2, 0) is 4.79 Å². The van der Waals surface area contributed by atoms with Crippen molar-refractivity contribution in [3.63, 3.8) is 0 Å². The number of amides is 1. The van der Waals surface area contributed by atoms with E-state index in [2.05, 4.69) is 15.3 Å². The fourth-order valence-electron chi connectivity index (χ4n) is 1.79. The second-order valence-electron chi connectivity index (χ2n) is 3.86. The van der Waals surface area contributed by atoms with E-state index in [1.807, 2.05) is 18.2 Å². The highest BCUT2D eigenvalue weighted by atomic mass is 32.2. The molecule has 1 aliphatic heterocycles. The molecule has 5 nitrogen and oxygen atoms in total. The zero-order chi connectivity index (χ0) is 12.5. The number of nitrogens with one attached hydrogen (secondary N) is 1. The second-order valence-corrected chi connectivity index (χ2v) is 4.96. The molecular formula is C12H10N4OS. The smallest absolute Gasteiger partial charge is 0.245 e. The minimum absolute atomic E-state index is 0.161. The van der Waals surface area contributed by atoms with E-state index >= 15 is 0 Å². The van der Waals surface area contributed by atoms with Gasteiger partial charge in [0.15, 0.2) is 0 Å². The molecule has 0 fully saturated rings. The molecule has 18 heavy (non-hydrogen) atoms. The summed E-state index contributed by atoms with van der Waals surface area (Å²) in [5, 5.41) is 3.57. The Morgan fingerprint density at radius 1 is 1.33 bits per heavy atom. The monoisotopic (exact) mass is 258 g/mol. The van der Waals surface area contributed by atoms with Gasteiger partial charge in [0, 0.05) is 28.5 Å². The molecular weight excluding hydrogens is 248 g/mol. The van der Waals surface area contributed by atoms with Crippen molar-refractivity contribution >= 4 is 23.4 Å². The summed E-state index contributed by atoms with van der Waals surface area (Å²) >= 11 is 1.49. The van der Waals surface area contributed by atoms with E-state index in [1.165, 1.54) is 11.8 Å². The Labute approximate surface area is 108 Å². The van der Waals surface area contributed by atoms with Crippen molar-refractivity contribution in [1.82, 2.24) is 9.97 Å². The topological polar surface area (TPSA) is 80.9 Å². The van der Waals surface area contributed by atoms with Gasteiger partial charge in [-0.3, -0.25) is 9.78 Å². The van der Waals surface area contributed by atoms with Gasteiger partial charge in [0.1, 0.15) is 11.1 Å². The lowest BCUT2D eigenvalue weighted by Crippen LogP contribution is -2.19. The minimum Gasteiger partial charge on any atom is -0.324 e. The molecule has 0 bridgehead atoms. The van der Waals surface area contributed by atoms with E-state index in [0.717, 1.165) is 21.2 Å². The molecule has 0 radical (unpaired) electrons. The Morgan fingerprint density at radius 3 is 3.00 bits per heavy atom.